The summed E-state index contributed by atoms with van der Waals surface area (Å²) in [6.45, 7) is 2.98. The number of carbonyl (C=O) groups excluding carboxylic acids is 2. The fourth-order valence-electron chi connectivity index (χ4n) is 3.75. The highest BCUT2D eigenvalue weighted by molar-refractivity contribution is 5.95. The highest BCUT2D eigenvalue weighted by Crippen LogP contribution is 2.29. The maximum absolute atomic E-state index is 14.4. The number of esters is 1. The third kappa shape index (κ3) is 6.87. The Kier molecular flexibility index (Phi) is 10.1. The van der Waals surface area contributed by atoms with E-state index >= 15 is 0 Å². The van der Waals surface area contributed by atoms with Crippen LogP contribution in [-0.2, 0) is 9.53 Å². The molecule has 1 heterocycles. The molecule has 0 aromatic heterocycles. The number of amides is 1. The number of nitrogens with zero attached hydrogens (tertiary/aromatic N) is 1. The molecule has 0 bridgehead atoms. The standard InChI is InChI=1S/C23H32F3NO4/c1-3-4-5-6-7-8-9-14-31-23(29)16-10-12-27(13-11-16)22(28)17-15-18(24)20(26)21(30-2)19(17)25/h15-16H,3-14H2,1-2H3. The molecule has 1 aromatic rings. The van der Waals surface area contributed by atoms with Crippen molar-refractivity contribution in [3.8, 4) is 5.75 Å². The van der Waals surface area contributed by atoms with Crippen LogP contribution in [-0.4, -0.2) is 43.6 Å². The van der Waals surface area contributed by atoms with Gasteiger partial charge in [0.25, 0.3) is 5.91 Å². The predicted molar refractivity (Wildman–Crippen MR) is 110 cm³/mol. The zero-order chi connectivity index (χ0) is 22.8. The Labute approximate surface area is 181 Å². The van der Waals surface area contributed by atoms with Gasteiger partial charge in [-0.05, 0) is 25.3 Å². The Morgan fingerprint density at radius 2 is 1.61 bits per heavy atom. The molecule has 0 aliphatic carbocycles. The monoisotopic (exact) mass is 443 g/mol. The predicted octanol–water partition coefficient (Wildman–Crippen LogP) is 5.26. The van der Waals surface area contributed by atoms with Crippen LogP contribution in [0, 0.1) is 23.4 Å². The Bertz CT molecular complexity index is 749. The van der Waals surface area contributed by atoms with Gasteiger partial charge in [0.05, 0.1) is 25.2 Å². The first-order valence-electron chi connectivity index (χ1n) is 11.1. The second kappa shape index (κ2) is 12.6. The van der Waals surface area contributed by atoms with E-state index in [1.807, 2.05) is 0 Å². The number of hydrogen-bond acceptors (Lipinski definition) is 4. The van der Waals surface area contributed by atoms with E-state index in [1.165, 1.54) is 30.6 Å². The summed E-state index contributed by atoms with van der Waals surface area (Å²) in [5.74, 6) is -6.35. The van der Waals surface area contributed by atoms with Crippen molar-refractivity contribution < 1.29 is 32.2 Å². The summed E-state index contributed by atoms with van der Waals surface area (Å²) in [5, 5.41) is 0. The molecular weight excluding hydrogens is 411 g/mol. The van der Waals surface area contributed by atoms with Crippen molar-refractivity contribution >= 4 is 11.9 Å². The van der Waals surface area contributed by atoms with E-state index in [0.717, 1.165) is 26.4 Å². The summed E-state index contributed by atoms with van der Waals surface area (Å²) in [4.78, 5) is 26.2. The van der Waals surface area contributed by atoms with Crippen molar-refractivity contribution in [3.05, 3.63) is 29.1 Å². The topological polar surface area (TPSA) is 55.8 Å². The molecule has 1 saturated heterocycles. The molecular formula is C23H32F3NO4. The van der Waals surface area contributed by atoms with Gasteiger partial charge in [-0.15, -0.1) is 0 Å². The Morgan fingerprint density at radius 3 is 2.23 bits per heavy atom. The van der Waals surface area contributed by atoms with Gasteiger partial charge in [-0.1, -0.05) is 45.4 Å². The molecule has 31 heavy (non-hydrogen) atoms. The Balaban J connectivity index is 1.78. The quantitative estimate of drug-likeness (QED) is 0.266. The zero-order valence-corrected chi connectivity index (χ0v) is 18.4. The fourth-order valence-corrected chi connectivity index (χ4v) is 3.75. The minimum Gasteiger partial charge on any atom is -0.491 e. The average Bonchev–Trinajstić information content (AvgIpc) is 2.78. The number of rotatable bonds is 11. The smallest absolute Gasteiger partial charge is 0.309 e. The van der Waals surface area contributed by atoms with Gasteiger partial charge in [-0.2, -0.15) is 4.39 Å². The third-order valence-corrected chi connectivity index (χ3v) is 5.66. The Morgan fingerprint density at radius 1 is 1.00 bits per heavy atom. The summed E-state index contributed by atoms with van der Waals surface area (Å²) >= 11 is 0. The molecule has 1 aliphatic rings. The first-order chi connectivity index (χ1) is 14.9. The lowest BCUT2D eigenvalue weighted by Crippen LogP contribution is -2.41. The number of likely N-dealkylation sites (tertiary alicyclic amines) is 1. The van der Waals surface area contributed by atoms with Gasteiger partial charge >= 0.3 is 5.97 Å². The van der Waals surface area contributed by atoms with Gasteiger partial charge in [0, 0.05) is 13.1 Å². The Hall–Kier alpha value is -2.25. The fraction of sp³-hybridized carbons (Fsp3) is 0.652. The molecule has 0 saturated carbocycles. The highest BCUT2D eigenvalue weighted by atomic mass is 19.2. The van der Waals surface area contributed by atoms with Crippen molar-refractivity contribution in [2.75, 3.05) is 26.8 Å². The molecule has 5 nitrogen and oxygen atoms in total. The van der Waals surface area contributed by atoms with E-state index in [1.54, 1.807) is 0 Å². The maximum Gasteiger partial charge on any atom is 0.309 e. The van der Waals surface area contributed by atoms with Gasteiger partial charge in [-0.3, -0.25) is 9.59 Å². The van der Waals surface area contributed by atoms with Crippen molar-refractivity contribution in [1.29, 1.82) is 0 Å². The van der Waals surface area contributed by atoms with E-state index in [2.05, 4.69) is 11.7 Å². The number of ether oxygens (including phenoxy) is 2. The van der Waals surface area contributed by atoms with Crippen LogP contribution < -0.4 is 4.74 Å². The van der Waals surface area contributed by atoms with Crippen LogP contribution in [0.3, 0.4) is 0 Å². The van der Waals surface area contributed by atoms with Crippen molar-refractivity contribution in [2.24, 2.45) is 5.92 Å². The second-order valence-electron chi connectivity index (χ2n) is 7.92. The molecule has 174 valence electrons. The van der Waals surface area contributed by atoms with Crippen LogP contribution >= 0.6 is 0 Å². The molecule has 0 radical (unpaired) electrons. The third-order valence-electron chi connectivity index (χ3n) is 5.66. The van der Waals surface area contributed by atoms with Crippen molar-refractivity contribution in [2.45, 2.75) is 64.7 Å². The van der Waals surface area contributed by atoms with Gasteiger partial charge in [-0.25, -0.2) is 8.78 Å². The summed E-state index contributed by atoms with van der Waals surface area (Å²) in [5.41, 5.74) is -0.587. The molecule has 8 heteroatoms. The molecule has 1 amide bonds. The molecule has 0 unspecified atom stereocenters. The van der Waals surface area contributed by atoms with E-state index in [0.29, 0.717) is 25.5 Å². The molecule has 1 aromatic carbocycles. The summed E-state index contributed by atoms with van der Waals surface area (Å²) in [6, 6.07) is 0.540. The average molecular weight is 444 g/mol. The molecule has 1 fully saturated rings. The summed E-state index contributed by atoms with van der Waals surface area (Å²) in [6.07, 6.45) is 8.70. The van der Waals surface area contributed by atoms with Gasteiger partial charge in [0.15, 0.2) is 17.4 Å². The van der Waals surface area contributed by atoms with Gasteiger partial charge in [0.1, 0.15) is 0 Å². The minimum absolute atomic E-state index is 0.205. The van der Waals surface area contributed by atoms with Gasteiger partial charge < -0.3 is 14.4 Å². The van der Waals surface area contributed by atoms with Crippen molar-refractivity contribution in [1.82, 2.24) is 4.90 Å². The van der Waals surface area contributed by atoms with Crippen LogP contribution in [0.2, 0.25) is 0 Å². The molecule has 0 spiro atoms. The van der Waals surface area contributed by atoms with E-state index < -0.39 is 34.7 Å². The van der Waals surface area contributed by atoms with Crippen LogP contribution in [0.15, 0.2) is 6.07 Å². The summed E-state index contributed by atoms with van der Waals surface area (Å²) < 4.78 is 51.5. The lowest BCUT2D eigenvalue weighted by Gasteiger charge is -2.31. The van der Waals surface area contributed by atoms with Crippen LogP contribution in [0.4, 0.5) is 13.2 Å². The van der Waals surface area contributed by atoms with Crippen LogP contribution in [0.1, 0.15) is 75.1 Å². The van der Waals surface area contributed by atoms with Crippen LogP contribution in [0.5, 0.6) is 5.75 Å². The maximum atomic E-state index is 14.4. The number of methoxy groups -OCH3 is 1. The van der Waals surface area contributed by atoms with E-state index in [4.69, 9.17) is 4.74 Å². The normalized spacial score (nSPS) is 14.5. The second-order valence-corrected chi connectivity index (χ2v) is 7.92. The molecule has 1 aliphatic heterocycles. The first-order valence-corrected chi connectivity index (χ1v) is 11.1. The van der Waals surface area contributed by atoms with E-state index in [9.17, 15) is 22.8 Å². The lowest BCUT2D eigenvalue weighted by molar-refractivity contribution is -0.150. The lowest BCUT2D eigenvalue weighted by atomic mass is 9.96. The van der Waals surface area contributed by atoms with Gasteiger partial charge in [0.2, 0.25) is 5.82 Å². The van der Waals surface area contributed by atoms with Crippen molar-refractivity contribution in [3.63, 3.8) is 0 Å². The molecule has 0 atom stereocenters. The number of unbranched alkanes of at least 4 members (excludes halogenated alkanes) is 6. The van der Waals surface area contributed by atoms with Crippen LogP contribution in [0.25, 0.3) is 0 Å². The number of carbonyl (C=O) groups is 2. The minimum atomic E-state index is -1.47. The number of piperidine rings is 1. The first kappa shape index (κ1) is 25.0. The largest absolute Gasteiger partial charge is 0.491 e. The number of benzene rings is 1. The molecule has 2 rings (SSSR count). The SMILES string of the molecule is CCCCCCCCCOC(=O)C1CCN(C(=O)c2cc(F)c(F)c(OC)c2F)CC1. The zero-order valence-electron chi connectivity index (χ0n) is 18.4. The number of hydrogen-bond donors (Lipinski definition) is 0. The molecule has 0 N–H and O–H groups in total. The number of halogens is 3. The van der Waals surface area contributed by atoms with E-state index in [-0.39, 0.29) is 25.0 Å². The highest BCUT2D eigenvalue weighted by Gasteiger charge is 2.31. The summed E-state index contributed by atoms with van der Waals surface area (Å²) in [7, 11) is 0.999.